The van der Waals surface area contributed by atoms with E-state index < -0.39 is 6.09 Å². The Morgan fingerprint density at radius 3 is 2.33 bits per heavy atom. The molecular weight excluding hydrogens is 266 g/mol. The van der Waals surface area contributed by atoms with E-state index in [1.54, 1.807) is 6.92 Å². The molecule has 0 aliphatic rings. The van der Waals surface area contributed by atoms with Gasteiger partial charge in [0.15, 0.2) is 5.75 Å². The lowest BCUT2D eigenvalue weighted by atomic mass is 10.1. The van der Waals surface area contributed by atoms with Crippen molar-refractivity contribution < 1.29 is 14.4 Å². The van der Waals surface area contributed by atoms with Crippen LogP contribution in [0.3, 0.4) is 0 Å². The number of nitrogens with zero attached hydrogens (tertiary/aromatic N) is 1. The number of unbranched alkanes of at least 4 members (excludes halogenated alkanes) is 5. The molecular formula is C17H27NO3. The number of rotatable bonds is 10. The second kappa shape index (κ2) is 11.0. The first-order chi connectivity index (χ1) is 10.3. The Hall–Kier alpha value is -1.71. The minimum Gasteiger partial charge on any atom is -0.448 e. The summed E-state index contributed by atoms with van der Waals surface area (Å²) in [5.41, 5.74) is 0. The van der Waals surface area contributed by atoms with E-state index in [0.29, 0.717) is 18.9 Å². The average Bonchev–Trinajstić information content (AvgIpc) is 2.50. The smallest absolute Gasteiger partial charge is 0.443 e. The molecule has 21 heavy (non-hydrogen) atoms. The zero-order valence-corrected chi connectivity index (χ0v) is 13.2. The Labute approximate surface area is 128 Å². The van der Waals surface area contributed by atoms with Crippen molar-refractivity contribution in [2.45, 2.75) is 52.4 Å². The molecule has 0 saturated heterocycles. The zero-order valence-electron chi connectivity index (χ0n) is 13.2. The largest absolute Gasteiger partial charge is 0.448 e. The first-order valence-corrected chi connectivity index (χ1v) is 7.95. The minimum atomic E-state index is -0.421. The van der Waals surface area contributed by atoms with Crippen molar-refractivity contribution in [3.05, 3.63) is 30.3 Å². The van der Waals surface area contributed by atoms with E-state index in [1.165, 1.54) is 30.7 Å². The zero-order chi connectivity index (χ0) is 15.3. The normalized spacial score (nSPS) is 10.2. The van der Waals surface area contributed by atoms with Crippen molar-refractivity contribution in [2.24, 2.45) is 0 Å². The van der Waals surface area contributed by atoms with Gasteiger partial charge in [-0.15, -0.1) is 5.06 Å². The van der Waals surface area contributed by atoms with E-state index in [4.69, 9.17) is 9.57 Å². The summed E-state index contributed by atoms with van der Waals surface area (Å²) in [5.74, 6) is 0.650. The number of benzene rings is 1. The van der Waals surface area contributed by atoms with Crippen molar-refractivity contribution >= 4 is 6.09 Å². The molecule has 0 bridgehead atoms. The van der Waals surface area contributed by atoms with E-state index in [9.17, 15) is 4.79 Å². The van der Waals surface area contributed by atoms with E-state index in [2.05, 4.69) is 6.92 Å². The van der Waals surface area contributed by atoms with Gasteiger partial charge in [-0.25, -0.2) is 4.79 Å². The third-order valence-corrected chi connectivity index (χ3v) is 3.15. The predicted octanol–water partition coefficient (Wildman–Crippen LogP) is 4.80. The molecule has 0 aromatic heterocycles. The molecule has 0 N–H and O–H groups in total. The lowest BCUT2D eigenvalue weighted by molar-refractivity contribution is -0.0479. The van der Waals surface area contributed by atoms with Crippen LogP contribution in [0.4, 0.5) is 4.79 Å². The van der Waals surface area contributed by atoms with Gasteiger partial charge in [-0.05, 0) is 25.5 Å². The second-order valence-corrected chi connectivity index (χ2v) is 4.97. The third kappa shape index (κ3) is 7.59. The molecule has 1 amide bonds. The maximum atomic E-state index is 11.9. The van der Waals surface area contributed by atoms with Gasteiger partial charge in [-0.1, -0.05) is 57.2 Å². The highest BCUT2D eigenvalue weighted by Gasteiger charge is 2.16. The van der Waals surface area contributed by atoms with E-state index in [1.807, 2.05) is 30.3 Å². The fourth-order valence-electron chi connectivity index (χ4n) is 2.01. The van der Waals surface area contributed by atoms with Crippen LogP contribution in [-0.4, -0.2) is 24.3 Å². The Bertz CT molecular complexity index is 381. The molecule has 0 saturated carbocycles. The molecule has 1 aromatic rings. The van der Waals surface area contributed by atoms with Crippen molar-refractivity contribution in [2.75, 3.05) is 13.2 Å². The van der Waals surface area contributed by atoms with Gasteiger partial charge in [-0.2, -0.15) is 0 Å². The molecule has 0 unspecified atom stereocenters. The van der Waals surface area contributed by atoms with Crippen LogP contribution < -0.4 is 4.84 Å². The maximum Gasteiger partial charge on any atom is 0.443 e. The summed E-state index contributed by atoms with van der Waals surface area (Å²) in [4.78, 5) is 17.5. The number of para-hydroxylation sites is 1. The SMILES string of the molecule is CCCCCCCCN(Oc1ccccc1)C(=O)OCC. The molecule has 0 radical (unpaired) electrons. The molecule has 4 nitrogen and oxygen atoms in total. The summed E-state index contributed by atoms with van der Waals surface area (Å²) in [6.45, 7) is 4.91. The molecule has 0 spiro atoms. The summed E-state index contributed by atoms with van der Waals surface area (Å²) in [6.07, 6.45) is 6.60. The van der Waals surface area contributed by atoms with Crippen molar-refractivity contribution in [1.29, 1.82) is 0 Å². The summed E-state index contributed by atoms with van der Waals surface area (Å²) >= 11 is 0. The van der Waals surface area contributed by atoms with Crippen LogP contribution in [0.25, 0.3) is 0 Å². The Kier molecular flexibility index (Phi) is 9.09. The van der Waals surface area contributed by atoms with Crippen LogP contribution in [0.2, 0.25) is 0 Å². The molecule has 4 heteroatoms. The molecule has 0 fully saturated rings. The van der Waals surface area contributed by atoms with Gasteiger partial charge in [0.2, 0.25) is 0 Å². The van der Waals surface area contributed by atoms with Gasteiger partial charge in [0.05, 0.1) is 13.2 Å². The monoisotopic (exact) mass is 293 g/mol. The summed E-state index contributed by atoms with van der Waals surface area (Å²) in [5, 5.41) is 1.32. The van der Waals surface area contributed by atoms with E-state index in [-0.39, 0.29) is 0 Å². The van der Waals surface area contributed by atoms with Gasteiger partial charge in [0.25, 0.3) is 0 Å². The quantitative estimate of drug-likeness (QED) is 0.459. The van der Waals surface area contributed by atoms with Crippen LogP contribution in [0.1, 0.15) is 52.4 Å². The van der Waals surface area contributed by atoms with Gasteiger partial charge >= 0.3 is 6.09 Å². The number of amides is 1. The van der Waals surface area contributed by atoms with Crippen LogP contribution in [0.5, 0.6) is 5.75 Å². The predicted molar refractivity (Wildman–Crippen MR) is 84.2 cm³/mol. The van der Waals surface area contributed by atoms with Crippen molar-refractivity contribution in [3.8, 4) is 5.75 Å². The van der Waals surface area contributed by atoms with Gasteiger partial charge < -0.3 is 9.57 Å². The number of ether oxygens (including phenoxy) is 1. The lowest BCUT2D eigenvalue weighted by Crippen LogP contribution is -2.35. The average molecular weight is 293 g/mol. The molecule has 0 atom stereocenters. The van der Waals surface area contributed by atoms with Crippen LogP contribution in [0.15, 0.2) is 30.3 Å². The standard InChI is InChI=1S/C17H27NO3/c1-3-5-6-7-8-12-15-18(17(19)20-4-2)21-16-13-10-9-11-14-16/h9-11,13-14H,3-8,12,15H2,1-2H3. The summed E-state index contributed by atoms with van der Waals surface area (Å²) < 4.78 is 5.03. The first-order valence-electron chi connectivity index (χ1n) is 7.95. The Morgan fingerprint density at radius 1 is 1.00 bits per heavy atom. The number of hydroxylamine groups is 2. The van der Waals surface area contributed by atoms with Crippen molar-refractivity contribution in [3.63, 3.8) is 0 Å². The molecule has 0 aliphatic carbocycles. The molecule has 118 valence electrons. The minimum absolute atomic E-state index is 0.351. The topological polar surface area (TPSA) is 38.8 Å². The van der Waals surface area contributed by atoms with Crippen LogP contribution in [0, 0.1) is 0 Å². The highest BCUT2D eigenvalue weighted by molar-refractivity contribution is 5.66. The highest BCUT2D eigenvalue weighted by atomic mass is 16.7. The fourth-order valence-corrected chi connectivity index (χ4v) is 2.01. The van der Waals surface area contributed by atoms with E-state index in [0.717, 1.165) is 12.8 Å². The number of carbonyl (C=O) groups is 1. The van der Waals surface area contributed by atoms with Gasteiger partial charge in [-0.3, -0.25) is 0 Å². The molecule has 0 aliphatic heterocycles. The summed E-state index contributed by atoms with van der Waals surface area (Å²) in [6, 6.07) is 9.32. The number of carbonyl (C=O) groups excluding carboxylic acids is 1. The maximum absolute atomic E-state index is 11.9. The number of hydrogen-bond acceptors (Lipinski definition) is 3. The van der Waals surface area contributed by atoms with Crippen LogP contribution >= 0.6 is 0 Å². The molecule has 0 heterocycles. The third-order valence-electron chi connectivity index (χ3n) is 3.15. The molecule has 1 rings (SSSR count). The fraction of sp³-hybridized carbons (Fsp3) is 0.588. The first kappa shape index (κ1) is 17.3. The van der Waals surface area contributed by atoms with Gasteiger partial charge in [0, 0.05) is 0 Å². The molecule has 1 aromatic carbocycles. The summed E-state index contributed by atoms with van der Waals surface area (Å²) in [7, 11) is 0. The van der Waals surface area contributed by atoms with Gasteiger partial charge in [0.1, 0.15) is 0 Å². The second-order valence-electron chi connectivity index (χ2n) is 4.97. The Balaban J connectivity index is 2.40. The van der Waals surface area contributed by atoms with Crippen molar-refractivity contribution in [1.82, 2.24) is 5.06 Å². The highest BCUT2D eigenvalue weighted by Crippen LogP contribution is 2.13. The number of hydrogen-bond donors (Lipinski definition) is 0. The Morgan fingerprint density at radius 2 is 1.67 bits per heavy atom. The lowest BCUT2D eigenvalue weighted by Gasteiger charge is -2.21. The van der Waals surface area contributed by atoms with E-state index >= 15 is 0 Å². The van der Waals surface area contributed by atoms with Crippen LogP contribution in [-0.2, 0) is 4.74 Å².